The second-order valence-electron chi connectivity index (χ2n) is 3.23. The van der Waals surface area contributed by atoms with Crippen molar-refractivity contribution in [3.63, 3.8) is 0 Å². The largest absolute Gasteiger partial charge is 0.326 e. The molecule has 16 heavy (non-hydrogen) atoms. The molecule has 0 fully saturated rings. The first-order valence-corrected chi connectivity index (χ1v) is 6.32. The van der Waals surface area contributed by atoms with Crippen LogP contribution in [0.3, 0.4) is 0 Å². The summed E-state index contributed by atoms with van der Waals surface area (Å²) in [5, 5.41) is 4.89. The van der Waals surface area contributed by atoms with Gasteiger partial charge in [0.15, 0.2) is 5.16 Å². The summed E-state index contributed by atoms with van der Waals surface area (Å²) in [5.74, 6) is 0. The molecule has 1 heterocycles. The standard InChI is InChI=1S/C10H11BrN4S/c1-15-10(13-6-14-15)16-8-3-2-7(5-12)9(11)4-8/h2-4,6H,5,12H2,1H3. The molecule has 0 amide bonds. The van der Waals surface area contributed by atoms with Crippen molar-refractivity contribution in [2.45, 2.75) is 16.6 Å². The summed E-state index contributed by atoms with van der Waals surface area (Å²) >= 11 is 5.07. The molecule has 84 valence electrons. The summed E-state index contributed by atoms with van der Waals surface area (Å²) in [6.45, 7) is 0.537. The molecule has 4 nitrogen and oxygen atoms in total. The number of rotatable bonds is 3. The monoisotopic (exact) mass is 298 g/mol. The first-order valence-electron chi connectivity index (χ1n) is 4.71. The first-order chi connectivity index (χ1) is 7.70. The molecule has 0 bridgehead atoms. The highest BCUT2D eigenvalue weighted by Crippen LogP contribution is 2.29. The van der Waals surface area contributed by atoms with Crippen molar-refractivity contribution in [2.24, 2.45) is 12.8 Å². The van der Waals surface area contributed by atoms with Gasteiger partial charge in [-0.05, 0) is 17.7 Å². The minimum absolute atomic E-state index is 0.537. The van der Waals surface area contributed by atoms with Crippen LogP contribution >= 0.6 is 27.7 Å². The maximum Gasteiger partial charge on any atom is 0.190 e. The number of hydrogen-bond acceptors (Lipinski definition) is 4. The van der Waals surface area contributed by atoms with Crippen LogP contribution < -0.4 is 5.73 Å². The molecule has 0 aliphatic heterocycles. The lowest BCUT2D eigenvalue weighted by molar-refractivity contribution is 0.685. The summed E-state index contributed by atoms with van der Waals surface area (Å²) in [6, 6.07) is 6.09. The van der Waals surface area contributed by atoms with E-state index in [2.05, 4.69) is 26.0 Å². The minimum atomic E-state index is 0.537. The minimum Gasteiger partial charge on any atom is -0.326 e. The Morgan fingerprint density at radius 3 is 2.88 bits per heavy atom. The molecule has 2 aromatic rings. The van der Waals surface area contributed by atoms with E-state index in [1.807, 2.05) is 25.2 Å². The van der Waals surface area contributed by atoms with Crippen LogP contribution in [0.1, 0.15) is 5.56 Å². The van der Waals surface area contributed by atoms with Gasteiger partial charge in [-0.15, -0.1) is 0 Å². The van der Waals surface area contributed by atoms with Crippen molar-refractivity contribution in [1.82, 2.24) is 14.8 Å². The second-order valence-corrected chi connectivity index (χ2v) is 5.12. The molecular weight excluding hydrogens is 288 g/mol. The first kappa shape index (κ1) is 11.6. The Kier molecular flexibility index (Phi) is 3.63. The fraction of sp³-hybridized carbons (Fsp3) is 0.200. The molecule has 1 aromatic heterocycles. The van der Waals surface area contributed by atoms with Crippen LogP contribution in [0.15, 0.2) is 39.1 Å². The van der Waals surface area contributed by atoms with E-state index in [4.69, 9.17) is 5.73 Å². The molecule has 0 unspecified atom stereocenters. The fourth-order valence-electron chi connectivity index (χ4n) is 1.24. The lowest BCUT2D eigenvalue weighted by Crippen LogP contribution is -1.97. The predicted molar refractivity (Wildman–Crippen MR) is 67.2 cm³/mol. The number of nitrogens with two attached hydrogens (primary N) is 1. The highest BCUT2D eigenvalue weighted by molar-refractivity contribution is 9.10. The van der Waals surface area contributed by atoms with E-state index >= 15 is 0 Å². The third-order valence-electron chi connectivity index (χ3n) is 2.12. The van der Waals surface area contributed by atoms with Crippen LogP contribution in [0.4, 0.5) is 0 Å². The Balaban J connectivity index is 2.23. The zero-order valence-electron chi connectivity index (χ0n) is 8.72. The summed E-state index contributed by atoms with van der Waals surface area (Å²) in [7, 11) is 1.87. The third-order valence-corrected chi connectivity index (χ3v) is 3.90. The number of nitrogens with zero attached hydrogens (tertiary/aromatic N) is 3. The van der Waals surface area contributed by atoms with Crippen LogP contribution in [-0.4, -0.2) is 14.8 Å². The van der Waals surface area contributed by atoms with E-state index in [-0.39, 0.29) is 0 Å². The van der Waals surface area contributed by atoms with Gasteiger partial charge in [-0.1, -0.05) is 33.8 Å². The van der Waals surface area contributed by atoms with Crippen LogP contribution in [0.2, 0.25) is 0 Å². The molecule has 0 saturated carbocycles. The smallest absolute Gasteiger partial charge is 0.190 e. The molecule has 0 spiro atoms. The topological polar surface area (TPSA) is 56.7 Å². The average molecular weight is 299 g/mol. The van der Waals surface area contributed by atoms with E-state index in [0.717, 1.165) is 20.1 Å². The Morgan fingerprint density at radius 2 is 2.31 bits per heavy atom. The van der Waals surface area contributed by atoms with Gasteiger partial charge in [0.25, 0.3) is 0 Å². The Morgan fingerprint density at radius 1 is 1.50 bits per heavy atom. The van der Waals surface area contributed by atoms with E-state index in [9.17, 15) is 0 Å². The summed E-state index contributed by atoms with van der Waals surface area (Å²) in [6.07, 6.45) is 1.55. The van der Waals surface area contributed by atoms with Crippen molar-refractivity contribution >= 4 is 27.7 Å². The van der Waals surface area contributed by atoms with Gasteiger partial charge in [0, 0.05) is 23.0 Å². The third kappa shape index (κ3) is 2.45. The van der Waals surface area contributed by atoms with E-state index in [0.29, 0.717) is 6.54 Å². The van der Waals surface area contributed by atoms with Gasteiger partial charge in [-0.2, -0.15) is 5.10 Å². The fourth-order valence-corrected chi connectivity index (χ4v) is 2.74. The number of halogens is 1. The lowest BCUT2D eigenvalue weighted by Gasteiger charge is -2.04. The SMILES string of the molecule is Cn1ncnc1Sc1ccc(CN)c(Br)c1. The molecule has 1 aromatic carbocycles. The van der Waals surface area contributed by atoms with Crippen LogP contribution in [0.5, 0.6) is 0 Å². The van der Waals surface area contributed by atoms with Crippen molar-refractivity contribution in [2.75, 3.05) is 0 Å². The quantitative estimate of drug-likeness (QED) is 0.944. The summed E-state index contributed by atoms with van der Waals surface area (Å²) in [4.78, 5) is 5.27. The molecular formula is C10H11BrN4S. The normalized spacial score (nSPS) is 10.7. The van der Waals surface area contributed by atoms with Crippen LogP contribution in [-0.2, 0) is 13.6 Å². The van der Waals surface area contributed by atoms with Gasteiger partial charge in [-0.25, -0.2) is 9.67 Å². The van der Waals surface area contributed by atoms with Crippen molar-refractivity contribution in [3.8, 4) is 0 Å². The van der Waals surface area contributed by atoms with Gasteiger partial charge < -0.3 is 5.73 Å². The average Bonchev–Trinajstić information content (AvgIpc) is 2.65. The van der Waals surface area contributed by atoms with E-state index in [1.165, 1.54) is 0 Å². The molecule has 0 saturated heterocycles. The maximum absolute atomic E-state index is 5.60. The summed E-state index contributed by atoms with van der Waals surface area (Å²) < 4.78 is 2.78. The van der Waals surface area contributed by atoms with E-state index in [1.54, 1.807) is 22.8 Å². The van der Waals surface area contributed by atoms with Gasteiger partial charge in [0.1, 0.15) is 6.33 Å². The Labute approximate surface area is 106 Å². The van der Waals surface area contributed by atoms with Gasteiger partial charge in [0.2, 0.25) is 0 Å². The maximum atomic E-state index is 5.60. The van der Waals surface area contributed by atoms with E-state index < -0.39 is 0 Å². The zero-order chi connectivity index (χ0) is 11.5. The van der Waals surface area contributed by atoms with Gasteiger partial charge >= 0.3 is 0 Å². The Bertz CT molecular complexity index is 497. The number of aryl methyl sites for hydroxylation is 1. The molecule has 6 heteroatoms. The molecule has 0 atom stereocenters. The summed E-state index contributed by atoms with van der Waals surface area (Å²) in [5.41, 5.74) is 6.70. The van der Waals surface area contributed by atoms with Crippen molar-refractivity contribution in [3.05, 3.63) is 34.6 Å². The second kappa shape index (κ2) is 4.99. The number of hydrogen-bond donors (Lipinski definition) is 1. The van der Waals surface area contributed by atoms with Crippen molar-refractivity contribution in [1.29, 1.82) is 0 Å². The highest BCUT2D eigenvalue weighted by atomic mass is 79.9. The van der Waals surface area contributed by atoms with Crippen molar-refractivity contribution < 1.29 is 0 Å². The number of aromatic nitrogens is 3. The van der Waals surface area contributed by atoms with Crippen LogP contribution in [0, 0.1) is 0 Å². The van der Waals surface area contributed by atoms with Gasteiger partial charge in [-0.3, -0.25) is 0 Å². The molecule has 2 rings (SSSR count). The molecule has 0 aliphatic carbocycles. The molecule has 0 radical (unpaired) electrons. The molecule has 2 N–H and O–H groups in total. The highest BCUT2D eigenvalue weighted by Gasteiger charge is 2.05. The lowest BCUT2D eigenvalue weighted by atomic mass is 10.2. The zero-order valence-corrected chi connectivity index (χ0v) is 11.1. The predicted octanol–water partition coefficient (Wildman–Crippen LogP) is 2.19. The molecule has 0 aliphatic rings. The Hall–Kier alpha value is -0.850. The van der Waals surface area contributed by atoms with Gasteiger partial charge in [0.05, 0.1) is 0 Å². The van der Waals surface area contributed by atoms with Crippen LogP contribution in [0.25, 0.3) is 0 Å². The number of benzene rings is 1.